The highest BCUT2D eigenvalue weighted by atomic mass is 16.7. The minimum Gasteiger partial charge on any atom is -0.454 e. The molecular weight excluding hydrogens is 322 g/mol. The van der Waals surface area contributed by atoms with E-state index in [0.29, 0.717) is 34.6 Å². The van der Waals surface area contributed by atoms with Gasteiger partial charge < -0.3 is 19.8 Å². The van der Waals surface area contributed by atoms with Gasteiger partial charge in [0.05, 0.1) is 24.0 Å². The predicted octanol–water partition coefficient (Wildman–Crippen LogP) is 2.67. The number of aromatic nitrogens is 3. The van der Waals surface area contributed by atoms with Crippen molar-refractivity contribution in [3.8, 4) is 17.6 Å². The van der Waals surface area contributed by atoms with Gasteiger partial charge >= 0.3 is 0 Å². The molecule has 0 saturated carbocycles. The molecule has 0 aliphatic carbocycles. The lowest BCUT2D eigenvalue weighted by Crippen LogP contribution is -2.08. The van der Waals surface area contributed by atoms with Crippen LogP contribution in [-0.4, -0.2) is 21.6 Å². The van der Waals surface area contributed by atoms with Gasteiger partial charge in [-0.25, -0.2) is 0 Å². The van der Waals surface area contributed by atoms with Crippen molar-refractivity contribution >= 4 is 22.4 Å². The molecule has 8 nitrogen and oxygen atoms in total. The van der Waals surface area contributed by atoms with Crippen molar-refractivity contribution in [2.75, 3.05) is 12.1 Å². The normalized spacial score (nSPS) is 13.6. The molecule has 3 heterocycles. The highest BCUT2D eigenvalue weighted by Gasteiger charge is 2.19. The van der Waals surface area contributed by atoms with Crippen LogP contribution in [-0.2, 0) is 0 Å². The fraction of sp³-hybridized carbons (Fsp3) is 0.235. The smallest absolute Gasteiger partial charge is 0.261 e. The first-order valence-electron chi connectivity index (χ1n) is 7.81. The lowest BCUT2D eigenvalue weighted by Gasteiger charge is -2.09. The third-order valence-corrected chi connectivity index (χ3v) is 4.07. The molecule has 0 radical (unpaired) electrons. The van der Waals surface area contributed by atoms with E-state index in [0.717, 1.165) is 5.69 Å². The number of fused-ring (bicyclic) bond motifs is 2. The first-order chi connectivity index (χ1) is 12.2. The van der Waals surface area contributed by atoms with Gasteiger partial charge in [-0.2, -0.15) is 10.4 Å². The fourth-order valence-electron chi connectivity index (χ4n) is 2.85. The molecule has 8 heteroatoms. The van der Waals surface area contributed by atoms with E-state index in [1.165, 1.54) is 0 Å². The van der Waals surface area contributed by atoms with Crippen LogP contribution in [0.15, 0.2) is 35.3 Å². The summed E-state index contributed by atoms with van der Waals surface area (Å²) in [6.07, 6.45) is 1.87. The number of hydrogen-bond acceptors (Lipinski definition) is 6. The second-order valence-corrected chi connectivity index (χ2v) is 5.76. The summed E-state index contributed by atoms with van der Waals surface area (Å²) in [4.78, 5) is 15.0. The maximum absolute atomic E-state index is 12.3. The van der Waals surface area contributed by atoms with Crippen molar-refractivity contribution in [3.63, 3.8) is 0 Å². The molecule has 25 heavy (non-hydrogen) atoms. The summed E-state index contributed by atoms with van der Waals surface area (Å²) in [5, 5.41) is 17.1. The number of ether oxygens (including phenoxy) is 2. The van der Waals surface area contributed by atoms with Gasteiger partial charge in [-0.15, -0.1) is 0 Å². The fourth-order valence-corrected chi connectivity index (χ4v) is 2.85. The SMILES string of the molecule is C[C@H](CC#N)n1nc(Nc2ccc3c(c2)OCO3)c2c(=O)[nH]ccc21. The molecule has 0 spiro atoms. The molecule has 0 saturated heterocycles. The zero-order valence-corrected chi connectivity index (χ0v) is 13.4. The second kappa shape index (κ2) is 5.87. The zero-order valence-electron chi connectivity index (χ0n) is 13.4. The molecule has 3 aromatic rings. The molecule has 4 rings (SSSR count). The number of anilines is 2. The van der Waals surface area contributed by atoms with E-state index < -0.39 is 0 Å². The molecule has 1 aromatic carbocycles. The number of hydrogen-bond donors (Lipinski definition) is 2. The van der Waals surface area contributed by atoms with Gasteiger partial charge in [0.2, 0.25) is 6.79 Å². The van der Waals surface area contributed by atoms with Crippen LogP contribution in [0.5, 0.6) is 11.5 Å². The summed E-state index contributed by atoms with van der Waals surface area (Å²) in [7, 11) is 0. The van der Waals surface area contributed by atoms with Crippen LogP contribution in [0.25, 0.3) is 10.9 Å². The summed E-state index contributed by atoms with van der Waals surface area (Å²) in [5.41, 5.74) is 1.16. The van der Waals surface area contributed by atoms with Crippen LogP contribution < -0.4 is 20.3 Å². The van der Waals surface area contributed by atoms with E-state index in [9.17, 15) is 4.79 Å². The Kier molecular flexibility index (Phi) is 3.54. The monoisotopic (exact) mass is 337 g/mol. The number of nitrogens with zero attached hydrogens (tertiary/aromatic N) is 3. The molecule has 0 unspecified atom stereocenters. The molecule has 2 aromatic heterocycles. The number of rotatable bonds is 4. The Labute approximate surface area is 142 Å². The third-order valence-electron chi connectivity index (χ3n) is 4.07. The van der Waals surface area contributed by atoms with Crippen molar-refractivity contribution in [2.24, 2.45) is 0 Å². The molecule has 126 valence electrons. The second-order valence-electron chi connectivity index (χ2n) is 5.76. The van der Waals surface area contributed by atoms with Gasteiger partial charge in [-0.3, -0.25) is 9.48 Å². The van der Waals surface area contributed by atoms with Gasteiger partial charge in [-0.05, 0) is 25.1 Å². The van der Waals surface area contributed by atoms with Crippen molar-refractivity contribution in [2.45, 2.75) is 19.4 Å². The van der Waals surface area contributed by atoms with E-state index in [2.05, 4.69) is 21.5 Å². The van der Waals surface area contributed by atoms with Crippen LogP contribution in [0.2, 0.25) is 0 Å². The molecule has 2 N–H and O–H groups in total. The van der Waals surface area contributed by atoms with Crippen LogP contribution in [0.4, 0.5) is 11.5 Å². The summed E-state index contributed by atoms with van der Waals surface area (Å²) in [6.45, 7) is 2.09. The number of pyridine rings is 1. The average Bonchev–Trinajstić information content (AvgIpc) is 3.20. The number of nitrogens with one attached hydrogen (secondary N) is 2. The summed E-state index contributed by atoms with van der Waals surface area (Å²) in [6, 6.07) is 9.18. The van der Waals surface area contributed by atoms with Gasteiger partial charge in [0.1, 0.15) is 5.39 Å². The highest BCUT2D eigenvalue weighted by Crippen LogP contribution is 2.35. The molecule has 1 aliphatic heterocycles. The van der Waals surface area contributed by atoms with E-state index in [1.54, 1.807) is 29.1 Å². The summed E-state index contributed by atoms with van der Waals surface area (Å²) >= 11 is 0. The Morgan fingerprint density at radius 2 is 2.24 bits per heavy atom. The maximum Gasteiger partial charge on any atom is 0.261 e. The van der Waals surface area contributed by atoms with E-state index in [4.69, 9.17) is 14.7 Å². The van der Waals surface area contributed by atoms with Crippen molar-refractivity contribution in [1.82, 2.24) is 14.8 Å². The van der Waals surface area contributed by atoms with Crippen molar-refractivity contribution < 1.29 is 9.47 Å². The Bertz CT molecular complexity index is 1050. The Morgan fingerprint density at radius 3 is 3.08 bits per heavy atom. The van der Waals surface area contributed by atoms with Gasteiger partial charge in [-0.1, -0.05) is 0 Å². The van der Waals surface area contributed by atoms with Crippen molar-refractivity contribution in [1.29, 1.82) is 5.26 Å². The zero-order chi connectivity index (χ0) is 17.4. The molecular formula is C17H15N5O3. The molecule has 0 amide bonds. The van der Waals surface area contributed by atoms with E-state index in [1.807, 2.05) is 13.0 Å². The quantitative estimate of drug-likeness (QED) is 0.758. The van der Waals surface area contributed by atoms with E-state index >= 15 is 0 Å². The number of benzene rings is 1. The van der Waals surface area contributed by atoms with Crippen LogP contribution in [0.1, 0.15) is 19.4 Å². The first kappa shape index (κ1) is 15.1. The third kappa shape index (κ3) is 2.55. The highest BCUT2D eigenvalue weighted by molar-refractivity contribution is 5.91. The minimum absolute atomic E-state index is 0.151. The predicted molar refractivity (Wildman–Crippen MR) is 91.1 cm³/mol. The lowest BCUT2D eigenvalue weighted by molar-refractivity contribution is 0.174. The van der Waals surface area contributed by atoms with E-state index in [-0.39, 0.29) is 18.4 Å². The number of aromatic amines is 1. The minimum atomic E-state index is -0.240. The number of nitriles is 1. The van der Waals surface area contributed by atoms with Gasteiger partial charge in [0, 0.05) is 18.0 Å². The average molecular weight is 337 g/mol. The van der Waals surface area contributed by atoms with Gasteiger partial charge in [0.15, 0.2) is 17.3 Å². The Balaban J connectivity index is 1.79. The van der Waals surface area contributed by atoms with Crippen LogP contribution in [0.3, 0.4) is 0 Å². The number of H-pyrrole nitrogens is 1. The largest absolute Gasteiger partial charge is 0.454 e. The molecule has 1 atom stereocenters. The molecule has 1 aliphatic rings. The Hall–Kier alpha value is -3.47. The summed E-state index contributed by atoms with van der Waals surface area (Å²) in [5.74, 6) is 1.75. The maximum atomic E-state index is 12.3. The Morgan fingerprint density at radius 1 is 1.40 bits per heavy atom. The summed E-state index contributed by atoms with van der Waals surface area (Å²) < 4.78 is 12.4. The topological polar surface area (TPSA) is 105 Å². The first-order valence-corrected chi connectivity index (χ1v) is 7.81. The van der Waals surface area contributed by atoms with Crippen molar-refractivity contribution in [3.05, 3.63) is 40.8 Å². The van der Waals surface area contributed by atoms with Crippen LogP contribution in [0, 0.1) is 11.3 Å². The van der Waals surface area contributed by atoms with Crippen LogP contribution >= 0.6 is 0 Å². The molecule has 0 fully saturated rings. The lowest BCUT2D eigenvalue weighted by atomic mass is 10.2. The standard InChI is InChI=1S/C17H15N5O3/c1-10(4-6-18)22-12-5-7-19-17(23)15(12)16(21-22)20-11-2-3-13-14(8-11)25-9-24-13/h2-3,5,7-8,10H,4,9H2,1H3,(H,19,23)(H,20,21)/t10-/m1/s1. The van der Waals surface area contributed by atoms with Gasteiger partial charge in [0.25, 0.3) is 5.56 Å². The molecule has 0 bridgehead atoms.